The molecular formula is C21H13Cl2NO4. The SMILES string of the molecule is O=C(OC1c2c(Cl)cccc2Cc2cccc(Cl)c21)c1cccc([N+](=O)[O-])c1. The summed E-state index contributed by atoms with van der Waals surface area (Å²) in [5.74, 6) is -0.688. The van der Waals surface area contributed by atoms with Gasteiger partial charge in [-0.05, 0) is 35.7 Å². The number of carbonyl (C=O) groups excluding carboxylic acids is 1. The summed E-state index contributed by atoms with van der Waals surface area (Å²) >= 11 is 12.9. The summed E-state index contributed by atoms with van der Waals surface area (Å²) in [7, 11) is 0. The number of hydrogen-bond acceptors (Lipinski definition) is 4. The summed E-state index contributed by atoms with van der Waals surface area (Å²) in [6.07, 6.45) is -0.177. The first-order chi connectivity index (χ1) is 13.5. The van der Waals surface area contributed by atoms with Crippen molar-refractivity contribution in [1.82, 2.24) is 0 Å². The molecule has 0 atom stereocenters. The number of rotatable bonds is 3. The molecule has 3 aromatic carbocycles. The van der Waals surface area contributed by atoms with Gasteiger partial charge in [0.15, 0.2) is 6.10 Å². The summed E-state index contributed by atoms with van der Waals surface area (Å²) in [6.45, 7) is 0. The minimum Gasteiger partial charge on any atom is -0.449 e. The van der Waals surface area contributed by atoms with E-state index in [0.29, 0.717) is 27.6 Å². The number of fused-ring (bicyclic) bond motifs is 2. The maximum absolute atomic E-state index is 12.8. The van der Waals surface area contributed by atoms with Gasteiger partial charge in [0.2, 0.25) is 0 Å². The number of non-ortho nitro benzene ring substituents is 1. The van der Waals surface area contributed by atoms with Crippen LogP contribution in [-0.2, 0) is 11.2 Å². The van der Waals surface area contributed by atoms with Gasteiger partial charge in [-0.15, -0.1) is 0 Å². The Morgan fingerprint density at radius 2 is 1.54 bits per heavy atom. The Labute approximate surface area is 170 Å². The molecule has 1 aliphatic rings. The Balaban J connectivity index is 1.79. The molecule has 7 heteroatoms. The standard InChI is InChI=1S/C21H13Cl2NO4/c22-16-8-2-4-12-10-13-5-3-9-17(23)19(13)20(18(12)16)28-21(25)14-6-1-7-15(11-14)24(26)27/h1-9,11,20H,10H2. The molecule has 0 radical (unpaired) electrons. The Kier molecular flexibility index (Phi) is 4.79. The number of benzene rings is 3. The molecule has 0 spiro atoms. The molecule has 0 aliphatic heterocycles. The fraction of sp³-hybridized carbons (Fsp3) is 0.0952. The fourth-order valence-electron chi connectivity index (χ4n) is 3.45. The highest BCUT2D eigenvalue weighted by molar-refractivity contribution is 6.32. The van der Waals surface area contributed by atoms with Crippen LogP contribution in [0.3, 0.4) is 0 Å². The van der Waals surface area contributed by atoms with Crippen LogP contribution in [0, 0.1) is 10.1 Å². The van der Waals surface area contributed by atoms with Gasteiger partial charge >= 0.3 is 5.97 Å². The number of hydrogen-bond donors (Lipinski definition) is 0. The predicted octanol–water partition coefficient (Wildman–Crippen LogP) is 5.75. The van der Waals surface area contributed by atoms with Crippen LogP contribution in [0.5, 0.6) is 0 Å². The first-order valence-corrected chi connectivity index (χ1v) is 9.21. The lowest BCUT2D eigenvalue weighted by atomic mass is 9.83. The Hall–Kier alpha value is -2.89. The van der Waals surface area contributed by atoms with Crippen molar-refractivity contribution in [1.29, 1.82) is 0 Å². The lowest BCUT2D eigenvalue weighted by Gasteiger charge is -2.29. The largest absolute Gasteiger partial charge is 0.449 e. The molecule has 0 N–H and O–H groups in total. The molecule has 4 rings (SSSR count). The highest BCUT2D eigenvalue weighted by atomic mass is 35.5. The summed E-state index contributed by atoms with van der Waals surface area (Å²) in [5.41, 5.74) is 3.15. The summed E-state index contributed by atoms with van der Waals surface area (Å²) in [4.78, 5) is 23.2. The third kappa shape index (κ3) is 3.23. The molecule has 0 fully saturated rings. The van der Waals surface area contributed by atoms with Crippen LogP contribution in [-0.4, -0.2) is 10.9 Å². The molecule has 140 valence electrons. The van der Waals surface area contributed by atoms with Gasteiger partial charge in [0, 0.05) is 33.3 Å². The second-order valence-corrected chi connectivity index (χ2v) is 7.21. The lowest BCUT2D eigenvalue weighted by molar-refractivity contribution is -0.384. The van der Waals surface area contributed by atoms with Crippen LogP contribution < -0.4 is 0 Å². The zero-order chi connectivity index (χ0) is 19.8. The van der Waals surface area contributed by atoms with Gasteiger partial charge in [0.25, 0.3) is 5.69 Å². The van der Waals surface area contributed by atoms with E-state index in [9.17, 15) is 14.9 Å². The number of esters is 1. The maximum Gasteiger partial charge on any atom is 0.339 e. The van der Waals surface area contributed by atoms with Crippen molar-refractivity contribution in [3.05, 3.63) is 109 Å². The predicted molar refractivity (Wildman–Crippen MR) is 106 cm³/mol. The topological polar surface area (TPSA) is 69.4 Å². The molecular weight excluding hydrogens is 401 g/mol. The van der Waals surface area contributed by atoms with E-state index in [4.69, 9.17) is 27.9 Å². The van der Waals surface area contributed by atoms with Crippen molar-refractivity contribution >= 4 is 34.9 Å². The summed E-state index contributed by atoms with van der Waals surface area (Å²) in [6, 6.07) is 16.4. The van der Waals surface area contributed by atoms with E-state index in [1.807, 2.05) is 24.3 Å². The molecule has 0 heterocycles. The molecule has 1 aliphatic carbocycles. The second-order valence-electron chi connectivity index (χ2n) is 6.39. The highest BCUT2D eigenvalue weighted by Gasteiger charge is 2.32. The van der Waals surface area contributed by atoms with Gasteiger partial charge in [-0.3, -0.25) is 10.1 Å². The van der Waals surface area contributed by atoms with Crippen LogP contribution in [0.2, 0.25) is 10.0 Å². The van der Waals surface area contributed by atoms with E-state index < -0.39 is 17.0 Å². The van der Waals surface area contributed by atoms with E-state index in [1.54, 1.807) is 12.1 Å². The molecule has 0 unspecified atom stereocenters. The molecule has 5 nitrogen and oxygen atoms in total. The first-order valence-electron chi connectivity index (χ1n) is 8.45. The Bertz CT molecular complexity index is 1060. The fourth-order valence-corrected chi connectivity index (χ4v) is 4.03. The maximum atomic E-state index is 12.8. The highest BCUT2D eigenvalue weighted by Crippen LogP contribution is 2.44. The van der Waals surface area contributed by atoms with Crippen LogP contribution in [0.1, 0.15) is 38.7 Å². The number of carbonyl (C=O) groups is 1. The molecule has 0 saturated heterocycles. The van der Waals surface area contributed by atoms with Crippen molar-refractivity contribution < 1.29 is 14.5 Å². The first kappa shape index (κ1) is 18.5. The van der Waals surface area contributed by atoms with Crippen LogP contribution in [0.15, 0.2) is 60.7 Å². The van der Waals surface area contributed by atoms with Crippen LogP contribution >= 0.6 is 23.2 Å². The zero-order valence-electron chi connectivity index (χ0n) is 14.4. The summed E-state index contributed by atoms with van der Waals surface area (Å²) < 4.78 is 5.80. The van der Waals surface area contributed by atoms with Crippen molar-refractivity contribution in [3.63, 3.8) is 0 Å². The number of halogens is 2. The number of ether oxygens (including phenoxy) is 1. The van der Waals surface area contributed by atoms with Gasteiger partial charge in [0.05, 0.1) is 10.5 Å². The van der Waals surface area contributed by atoms with E-state index in [2.05, 4.69) is 0 Å². The molecule has 0 amide bonds. The van der Waals surface area contributed by atoms with Gasteiger partial charge in [0.1, 0.15) is 0 Å². The number of nitro groups is 1. The van der Waals surface area contributed by atoms with E-state index in [1.165, 1.54) is 24.3 Å². The molecule has 0 bridgehead atoms. The van der Waals surface area contributed by atoms with Crippen molar-refractivity contribution in [2.45, 2.75) is 12.5 Å². The molecule has 0 aromatic heterocycles. The quantitative estimate of drug-likeness (QED) is 0.311. The second kappa shape index (κ2) is 7.26. The van der Waals surface area contributed by atoms with E-state index in [-0.39, 0.29) is 11.3 Å². The van der Waals surface area contributed by atoms with Gasteiger partial charge in [-0.25, -0.2) is 4.79 Å². The third-order valence-electron chi connectivity index (χ3n) is 4.71. The number of nitro benzene ring substituents is 1. The van der Waals surface area contributed by atoms with Crippen molar-refractivity contribution in [2.24, 2.45) is 0 Å². The molecule has 0 saturated carbocycles. The minimum atomic E-state index is -0.798. The Morgan fingerprint density at radius 3 is 2.11 bits per heavy atom. The minimum absolute atomic E-state index is 0.0852. The summed E-state index contributed by atoms with van der Waals surface area (Å²) in [5, 5.41) is 11.9. The van der Waals surface area contributed by atoms with Crippen LogP contribution in [0.4, 0.5) is 5.69 Å². The molecule has 3 aromatic rings. The van der Waals surface area contributed by atoms with Gasteiger partial charge in [-0.1, -0.05) is 53.5 Å². The van der Waals surface area contributed by atoms with Crippen molar-refractivity contribution in [3.8, 4) is 0 Å². The average molecular weight is 414 g/mol. The molecule has 28 heavy (non-hydrogen) atoms. The number of nitrogens with zero attached hydrogens (tertiary/aromatic N) is 1. The van der Waals surface area contributed by atoms with Gasteiger partial charge < -0.3 is 4.74 Å². The lowest BCUT2D eigenvalue weighted by Crippen LogP contribution is -2.20. The normalized spacial score (nSPS) is 12.8. The van der Waals surface area contributed by atoms with Crippen LogP contribution in [0.25, 0.3) is 0 Å². The van der Waals surface area contributed by atoms with Gasteiger partial charge in [-0.2, -0.15) is 0 Å². The monoisotopic (exact) mass is 413 g/mol. The Morgan fingerprint density at radius 1 is 0.964 bits per heavy atom. The smallest absolute Gasteiger partial charge is 0.339 e. The van der Waals surface area contributed by atoms with E-state index >= 15 is 0 Å². The van der Waals surface area contributed by atoms with Crippen molar-refractivity contribution in [2.75, 3.05) is 0 Å². The zero-order valence-corrected chi connectivity index (χ0v) is 15.9. The van der Waals surface area contributed by atoms with E-state index in [0.717, 1.165) is 11.1 Å². The average Bonchev–Trinajstić information content (AvgIpc) is 2.68. The third-order valence-corrected chi connectivity index (χ3v) is 5.37.